The number of rotatable bonds is 7. The van der Waals surface area contributed by atoms with Crippen LogP contribution in [0.3, 0.4) is 0 Å². The molecule has 3 N–H and O–H groups in total. The number of hydrogen-bond donors (Lipinski definition) is 3. The van der Waals surface area contributed by atoms with Crippen molar-refractivity contribution in [3.63, 3.8) is 0 Å². The highest BCUT2D eigenvalue weighted by atomic mass is 35.5. The minimum absolute atomic E-state index is 0.0646. The Bertz CT molecular complexity index is 1060. The van der Waals surface area contributed by atoms with E-state index >= 15 is 0 Å². The van der Waals surface area contributed by atoms with E-state index in [0.29, 0.717) is 21.2 Å². The summed E-state index contributed by atoms with van der Waals surface area (Å²) in [7, 11) is 1.77. The van der Waals surface area contributed by atoms with E-state index in [0.717, 1.165) is 5.56 Å². The number of H-pyrrole nitrogens is 1. The SMILES string of the molecule is Cn1c(CNC(=O)CC(NC(=O)c2ccccc2Cl)c2ccccc2)n[nH]c1=S. The third-order valence-electron chi connectivity index (χ3n) is 4.43. The summed E-state index contributed by atoms with van der Waals surface area (Å²) < 4.78 is 2.16. The average Bonchev–Trinajstić information content (AvgIpc) is 3.04. The zero-order chi connectivity index (χ0) is 20.8. The Labute approximate surface area is 178 Å². The van der Waals surface area contributed by atoms with Gasteiger partial charge in [0, 0.05) is 7.05 Å². The fourth-order valence-corrected chi connectivity index (χ4v) is 3.16. The van der Waals surface area contributed by atoms with Crippen molar-refractivity contribution in [2.24, 2.45) is 7.05 Å². The number of aromatic nitrogens is 3. The Morgan fingerprint density at radius 3 is 2.52 bits per heavy atom. The van der Waals surface area contributed by atoms with Crippen LogP contribution in [0.25, 0.3) is 0 Å². The number of carbonyl (C=O) groups excluding carboxylic acids is 2. The summed E-state index contributed by atoms with van der Waals surface area (Å²) in [5.74, 6) is 0.0404. The molecule has 0 spiro atoms. The van der Waals surface area contributed by atoms with E-state index in [2.05, 4.69) is 20.8 Å². The quantitative estimate of drug-likeness (QED) is 0.502. The average molecular weight is 430 g/mol. The summed E-state index contributed by atoms with van der Waals surface area (Å²) in [5, 5.41) is 12.8. The summed E-state index contributed by atoms with van der Waals surface area (Å²) in [4.78, 5) is 25.2. The molecular formula is C20H20ClN5O2S. The molecule has 29 heavy (non-hydrogen) atoms. The molecule has 0 aliphatic heterocycles. The molecule has 0 fully saturated rings. The second kappa shape index (κ2) is 9.49. The first-order valence-electron chi connectivity index (χ1n) is 8.93. The van der Waals surface area contributed by atoms with Crippen LogP contribution in [0.2, 0.25) is 5.02 Å². The maximum atomic E-state index is 12.7. The maximum Gasteiger partial charge on any atom is 0.253 e. The van der Waals surface area contributed by atoms with Gasteiger partial charge in [0.05, 0.1) is 29.6 Å². The Hall–Kier alpha value is -2.97. The van der Waals surface area contributed by atoms with E-state index in [1.54, 1.807) is 35.9 Å². The minimum atomic E-state index is -0.512. The molecule has 0 aliphatic rings. The Balaban J connectivity index is 1.71. The molecule has 0 saturated carbocycles. The van der Waals surface area contributed by atoms with E-state index in [1.165, 1.54) is 0 Å². The van der Waals surface area contributed by atoms with E-state index in [4.69, 9.17) is 23.8 Å². The van der Waals surface area contributed by atoms with Crippen LogP contribution in [0.15, 0.2) is 54.6 Å². The number of amides is 2. The van der Waals surface area contributed by atoms with Crippen LogP contribution in [0.5, 0.6) is 0 Å². The predicted molar refractivity (Wildman–Crippen MR) is 113 cm³/mol. The molecule has 1 aromatic heterocycles. The molecule has 3 rings (SSSR count). The van der Waals surface area contributed by atoms with Gasteiger partial charge in [0.2, 0.25) is 5.91 Å². The minimum Gasteiger partial charge on any atom is -0.349 e. The molecule has 0 bridgehead atoms. The molecule has 1 unspecified atom stereocenters. The fourth-order valence-electron chi connectivity index (χ4n) is 2.79. The van der Waals surface area contributed by atoms with Crippen LogP contribution in [-0.4, -0.2) is 26.6 Å². The fraction of sp³-hybridized carbons (Fsp3) is 0.200. The standard InChI is InChI=1S/C20H20ClN5O2S/c1-26-17(24-25-20(26)29)12-22-18(27)11-16(13-7-3-2-4-8-13)23-19(28)14-9-5-6-10-15(14)21/h2-10,16H,11-12H2,1H3,(H,22,27)(H,23,28)(H,25,29). The lowest BCUT2D eigenvalue weighted by atomic mass is 10.0. The second-order valence-electron chi connectivity index (χ2n) is 6.40. The van der Waals surface area contributed by atoms with Crippen molar-refractivity contribution in [3.8, 4) is 0 Å². The van der Waals surface area contributed by atoms with Gasteiger partial charge in [0.1, 0.15) is 0 Å². The van der Waals surface area contributed by atoms with Gasteiger partial charge in [-0.25, -0.2) is 0 Å². The highest BCUT2D eigenvalue weighted by Gasteiger charge is 2.20. The van der Waals surface area contributed by atoms with Gasteiger partial charge >= 0.3 is 0 Å². The molecule has 2 amide bonds. The molecular weight excluding hydrogens is 410 g/mol. The first-order chi connectivity index (χ1) is 14.0. The van der Waals surface area contributed by atoms with Crippen molar-refractivity contribution in [1.29, 1.82) is 0 Å². The number of aromatic amines is 1. The first-order valence-corrected chi connectivity index (χ1v) is 9.71. The second-order valence-corrected chi connectivity index (χ2v) is 7.20. The zero-order valence-electron chi connectivity index (χ0n) is 15.7. The van der Waals surface area contributed by atoms with Gasteiger partial charge in [-0.2, -0.15) is 5.10 Å². The topological polar surface area (TPSA) is 91.8 Å². The largest absolute Gasteiger partial charge is 0.349 e. The van der Waals surface area contributed by atoms with E-state index < -0.39 is 6.04 Å². The summed E-state index contributed by atoms with van der Waals surface area (Å²) in [6, 6.07) is 15.6. The highest BCUT2D eigenvalue weighted by molar-refractivity contribution is 7.71. The molecule has 0 radical (unpaired) electrons. The lowest BCUT2D eigenvalue weighted by Crippen LogP contribution is -2.34. The zero-order valence-corrected chi connectivity index (χ0v) is 17.3. The predicted octanol–water partition coefficient (Wildman–Crippen LogP) is 3.31. The van der Waals surface area contributed by atoms with Crippen LogP contribution in [-0.2, 0) is 18.4 Å². The highest BCUT2D eigenvalue weighted by Crippen LogP contribution is 2.20. The summed E-state index contributed by atoms with van der Waals surface area (Å²) in [5.41, 5.74) is 1.18. The van der Waals surface area contributed by atoms with Crippen molar-refractivity contribution < 1.29 is 9.59 Å². The van der Waals surface area contributed by atoms with E-state index in [1.807, 2.05) is 30.3 Å². The molecule has 2 aromatic carbocycles. The molecule has 0 aliphatic carbocycles. The van der Waals surface area contributed by atoms with Gasteiger partial charge in [0.15, 0.2) is 10.6 Å². The lowest BCUT2D eigenvalue weighted by Gasteiger charge is -2.19. The first kappa shape index (κ1) is 20.8. The maximum absolute atomic E-state index is 12.7. The third kappa shape index (κ3) is 5.30. The molecule has 9 heteroatoms. The van der Waals surface area contributed by atoms with Crippen LogP contribution in [0.1, 0.15) is 34.2 Å². The third-order valence-corrected chi connectivity index (χ3v) is 5.13. The Morgan fingerprint density at radius 1 is 1.17 bits per heavy atom. The summed E-state index contributed by atoms with van der Waals surface area (Å²) in [6.07, 6.45) is 0.0646. The van der Waals surface area contributed by atoms with Crippen molar-refractivity contribution in [2.45, 2.75) is 19.0 Å². The van der Waals surface area contributed by atoms with Gasteiger partial charge in [-0.05, 0) is 29.9 Å². The van der Waals surface area contributed by atoms with Gasteiger partial charge < -0.3 is 15.2 Å². The normalized spacial score (nSPS) is 11.7. The lowest BCUT2D eigenvalue weighted by molar-refractivity contribution is -0.121. The van der Waals surface area contributed by atoms with Gasteiger partial charge in [-0.1, -0.05) is 54.1 Å². The number of hydrogen-bond acceptors (Lipinski definition) is 4. The Morgan fingerprint density at radius 2 is 1.86 bits per heavy atom. The van der Waals surface area contributed by atoms with Crippen molar-refractivity contribution >= 4 is 35.6 Å². The summed E-state index contributed by atoms with van der Waals surface area (Å²) >= 11 is 11.2. The number of carbonyl (C=O) groups is 2. The number of benzene rings is 2. The monoisotopic (exact) mass is 429 g/mol. The van der Waals surface area contributed by atoms with Crippen molar-refractivity contribution in [2.75, 3.05) is 0 Å². The van der Waals surface area contributed by atoms with Crippen LogP contribution >= 0.6 is 23.8 Å². The van der Waals surface area contributed by atoms with E-state index in [9.17, 15) is 9.59 Å². The van der Waals surface area contributed by atoms with Gasteiger partial charge in [-0.15, -0.1) is 0 Å². The number of nitrogens with one attached hydrogen (secondary N) is 3. The van der Waals surface area contributed by atoms with E-state index in [-0.39, 0.29) is 24.8 Å². The molecule has 0 saturated heterocycles. The van der Waals surface area contributed by atoms with Crippen LogP contribution in [0, 0.1) is 4.77 Å². The molecule has 1 heterocycles. The molecule has 3 aromatic rings. The smallest absolute Gasteiger partial charge is 0.253 e. The number of nitrogens with zero attached hydrogens (tertiary/aromatic N) is 2. The molecule has 7 nitrogen and oxygen atoms in total. The van der Waals surface area contributed by atoms with Gasteiger partial charge in [0.25, 0.3) is 5.91 Å². The molecule has 150 valence electrons. The van der Waals surface area contributed by atoms with Crippen molar-refractivity contribution in [3.05, 3.63) is 81.3 Å². The van der Waals surface area contributed by atoms with Crippen LogP contribution in [0.4, 0.5) is 0 Å². The van der Waals surface area contributed by atoms with Crippen molar-refractivity contribution in [1.82, 2.24) is 25.4 Å². The van der Waals surface area contributed by atoms with Gasteiger partial charge in [-0.3, -0.25) is 14.7 Å². The Kier molecular flexibility index (Phi) is 6.79. The van der Waals surface area contributed by atoms with Crippen LogP contribution < -0.4 is 10.6 Å². The number of halogens is 1. The molecule has 1 atom stereocenters. The summed E-state index contributed by atoms with van der Waals surface area (Å²) in [6.45, 7) is 0.225.